The zero-order valence-electron chi connectivity index (χ0n) is 26.9. The van der Waals surface area contributed by atoms with Gasteiger partial charge in [0.25, 0.3) is 0 Å². The van der Waals surface area contributed by atoms with Crippen LogP contribution in [0.4, 0.5) is 20.4 Å². The van der Waals surface area contributed by atoms with Gasteiger partial charge in [0.1, 0.15) is 11.6 Å². The molecule has 0 bridgehead atoms. The van der Waals surface area contributed by atoms with Crippen molar-refractivity contribution in [3.8, 4) is 0 Å². The smallest absolute Gasteiger partial charge is 0.236 e. The predicted molar refractivity (Wildman–Crippen MR) is 173 cm³/mol. The molecule has 2 aromatic carbocycles. The number of anilines is 2. The van der Waals surface area contributed by atoms with E-state index in [4.69, 9.17) is 0 Å². The van der Waals surface area contributed by atoms with Crippen LogP contribution in [0, 0.1) is 30.4 Å². The Labute approximate surface area is 269 Å². The molecule has 1 aromatic heterocycles. The molecule has 3 aromatic rings. The maximum absolute atomic E-state index is 14.9. The fourth-order valence-corrected chi connectivity index (χ4v) is 6.96. The summed E-state index contributed by atoms with van der Waals surface area (Å²) >= 11 is 0. The number of benzene rings is 2. The lowest BCUT2D eigenvalue weighted by Gasteiger charge is -2.34. The lowest BCUT2D eigenvalue weighted by atomic mass is 9.88. The molecule has 5 rings (SSSR count). The van der Waals surface area contributed by atoms with Crippen molar-refractivity contribution < 1.29 is 26.8 Å². The zero-order chi connectivity index (χ0) is 33.4. The molecule has 0 aliphatic carbocycles. The van der Waals surface area contributed by atoms with E-state index in [0.29, 0.717) is 57.1 Å². The average molecular weight is 657 g/mol. The first-order chi connectivity index (χ1) is 21.6. The van der Waals surface area contributed by atoms with E-state index in [0.717, 1.165) is 29.1 Å². The molecule has 0 radical (unpaired) electrons. The molecule has 2 N–H and O–H groups in total. The van der Waals surface area contributed by atoms with Crippen molar-refractivity contribution in [3.05, 3.63) is 77.1 Å². The third-order valence-corrected chi connectivity index (χ3v) is 9.56. The number of sulfonamides is 1. The van der Waals surface area contributed by atoms with E-state index in [-0.39, 0.29) is 17.4 Å². The summed E-state index contributed by atoms with van der Waals surface area (Å²) in [6.07, 6.45) is 5.41. The second-order valence-corrected chi connectivity index (χ2v) is 15.2. The Morgan fingerprint density at radius 3 is 2.39 bits per heavy atom. The summed E-state index contributed by atoms with van der Waals surface area (Å²) in [5.74, 6) is -3.14. The maximum atomic E-state index is 14.9. The van der Waals surface area contributed by atoms with Gasteiger partial charge in [-0.2, -0.15) is 0 Å². The number of carbonyl (C=O) groups is 2. The molecule has 0 spiro atoms. The van der Waals surface area contributed by atoms with Gasteiger partial charge in [-0.3, -0.25) is 24.5 Å². The molecule has 3 heterocycles. The van der Waals surface area contributed by atoms with Crippen LogP contribution in [0.25, 0.3) is 0 Å². The minimum absolute atomic E-state index is 0.254. The van der Waals surface area contributed by atoms with Gasteiger partial charge in [-0.1, -0.05) is 18.2 Å². The molecule has 2 amide bonds. The molecule has 46 heavy (non-hydrogen) atoms. The molecule has 13 heteroatoms. The van der Waals surface area contributed by atoms with Crippen molar-refractivity contribution in [1.82, 2.24) is 19.2 Å². The van der Waals surface area contributed by atoms with Crippen LogP contribution in [0.2, 0.25) is 0 Å². The van der Waals surface area contributed by atoms with E-state index in [1.807, 2.05) is 44.4 Å². The van der Waals surface area contributed by atoms with Gasteiger partial charge >= 0.3 is 0 Å². The van der Waals surface area contributed by atoms with E-state index in [2.05, 4.69) is 30.9 Å². The topological polar surface area (TPSA) is 117 Å². The summed E-state index contributed by atoms with van der Waals surface area (Å²) in [6, 6.07) is 9.66. The standard InChI is InChI=1S/C33H42F2N6O4S/c1-21-6-7-23(29(16-21)39-13-10-22(11-14-39)30(42)38-46(5,44)45)18-40-15-12-36-32(40)37-31(43)27-20-41(33(2,3)4)19-26(27)25-9-8-24(34)17-28(25)35/h6-9,12,15-17,22,26-27H,10-11,13-14,18-20H2,1-5H3,(H,38,42)(H,36,37,43)/t26-,27+/m0/s1. The second-order valence-electron chi connectivity index (χ2n) is 13.5. The molecule has 0 unspecified atom stereocenters. The lowest BCUT2D eigenvalue weighted by molar-refractivity contribution is -0.123. The van der Waals surface area contributed by atoms with Crippen LogP contribution in [0.3, 0.4) is 0 Å². The molecule has 2 fully saturated rings. The quantitative estimate of drug-likeness (QED) is 0.372. The van der Waals surface area contributed by atoms with Gasteiger partial charge in [0.15, 0.2) is 0 Å². The second kappa shape index (κ2) is 13.1. The fraction of sp³-hybridized carbons (Fsp3) is 0.485. The number of hydrogen-bond acceptors (Lipinski definition) is 7. The Bertz CT molecular complexity index is 1710. The monoisotopic (exact) mass is 656 g/mol. The first-order valence-corrected chi connectivity index (χ1v) is 17.4. The normalized spacial score (nSPS) is 19.8. The van der Waals surface area contributed by atoms with Gasteiger partial charge in [-0.05, 0) is 69.4 Å². The Kier molecular flexibility index (Phi) is 9.55. The van der Waals surface area contributed by atoms with Gasteiger partial charge < -0.3 is 9.47 Å². The third-order valence-electron chi connectivity index (χ3n) is 8.99. The van der Waals surface area contributed by atoms with Gasteiger partial charge in [-0.15, -0.1) is 0 Å². The summed E-state index contributed by atoms with van der Waals surface area (Å²) in [5.41, 5.74) is 3.12. The van der Waals surface area contributed by atoms with Gasteiger partial charge in [-0.25, -0.2) is 22.2 Å². The molecule has 2 aliphatic rings. The number of imidazole rings is 1. The minimum Gasteiger partial charge on any atom is -0.371 e. The molecular formula is C33H42F2N6O4S. The first kappa shape index (κ1) is 33.5. The number of likely N-dealkylation sites (tertiary alicyclic amines) is 1. The van der Waals surface area contributed by atoms with Crippen LogP contribution in [-0.2, 0) is 26.2 Å². The molecule has 2 aliphatic heterocycles. The van der Waals surface area contributed by atoms with Crippen molar-refractivity contribution in [2.75, 3.05) is 42.7 Å². The molecule has 10 nitrogen and oxygen atoms in total. The number of amides is 2. The largest absolute Gasteiger partial charge is 0.371 e. The highest BCUT2D eigenvalue weighted by Crippen LogP contribution is 2.38. The number of carbonyl (C=O) groups excluding carboxylic acids is 2. The highest BCUT2D eigenvalue weighted by Gasteiger charge is 2.43. The highest BCUT2D eigenvalue weighted by molar-refractivity contribution is 7.89. The van der Waals surface area contributed by atoms with Crippen LogP contribution >= 0.6 is 0 Å². The van der Waals surface area contributed by atoms with Crippen molar-refractivity contribution in [2.45, 2.75) is 58.5 Å². The number of nitrogens with zero attached hydrogens (tertiary/aromatic N) is 4. The van der Waals surface area contributed by atoms with Crippen molar-refractivity contribution in [3.63, 3.8) is 0 Å². The molecular weight excluding hydrogens is 614 g/mol. The van der Waals surface area contributed by atoms with Gasteiger partial charge in [0.05, 0.1) is 18.7 Å². The van der Waals surface area contributed by atoms with Gasteiger partial charge in [0, 0.05) is 67.7 Å². The van der Waals surface area contributed by atoms with Crippen LogP contribution in [0.5, 0.6) is 0 Å². The number of nitrogens with one attached hydrogen (secondary N) is 2. The van der Waals surface area contributed by atoms with E-state index in [1.165, 1.54) is 12.1 Å². The lowest BCUT2D eigenvalue weighted by Crippen LogP contribution is -2.42. The predicted octanol–water partition coefficient (Wildman–Crippen LogP) is 4.26. The summed E-state index contributed by atoms with van der Waals surface area (Å²) in [4.78, 5) is 35.0. The number of aryl methyl sites for hydroxylation is 1. The van der Waals surface area contributed by atoms with E-state index >= 15 is 0 Å². The fourth-order valence-electron chi connectivity index (χ4n) is 6.43. The number of piperidine rings is 1. The Morgan fingerprint density at radius 2 is 1.74 bits per heavy atom. The zero-order valence-corrected chi connectivity index (χ0v) is 27.7. The minimum atomic E-state index is -3.61. The highest BCUT2D eigenvalue weighted by atomic mass is 32.2. The summed E-state index contributed by atoms with van der Waals surface area (Å²) in [6.45, 7) is 10.6. The van der Waals surface area contributed by atoms with Crippen LogP contribution in [0.15, 0.2) is 48.8 Å². The molecule has 248 valence electrons. The van der Waals surface area contributed by atoms with E-state index in [1.54, 1.807) is 12.4 Å². The molecule has 2 saturated heterocycles. The van der Waals surface area contributed by atoms with Gasteiger partial charge in [0.2, 0.25) is 27.8 Å². The van der Waals surface area contributed by atoms with Crippen molar-refractivity contribution in [2.24, 2.45) is 11.8 Å². The number of rotatable bonds is 8. The Morgan fingerprint density at radius 1 is 1.02 bits per heavy atom. The van der Waals surface area contributed by atoms with Crippen molar-refractivity contribution in [1.29, 1.82) is 0 Å². The summed E-state index contributed by atoms with van der Waals surface area (Å²) in [7, 11) is -3.61. The van der Waals surface area contributed by atoms with Crippen LogP contribution in [-0.4, -0.2) is 72.7 Å². The summed E-state index contributed by atoms with van der Waals surface area (Å²) < 4.78 is 55.7. The van der Waals surface area contributed by atoms with Crippen molar-refractivity contribution >= 4 is 33.5 Å². The molecule has 0 saturated carbocycles. The van der Waals surface area contributed by atoms with E-state index < -0.39 is 39.4 Å². The molecule has 2 atom stereocenters. The Hall–Kier alpha value is -3.84. The third kappa shape index (κ3) is 7.75. The number of hydrogen-bond donors (Lipinski definition) is 2. The van der Waals surface area contributed by atoms with Crippen LogP contribution < -0.4 is 14.9 Å². The first-order valence-electron chi connectivity index (χ1n) is 15.5. The Balaban J connectivity index is 1.32. The maximum Gasteiger partial charge on any atom is 0.236 e. The van der Waals surface area contributed by atoms with E-state index in [9.17, 15) is 26.8 Å². The SMILES string of the molecule is Cc1ccc(Cn2ccnc2NC(=O)[C@@H]2CN(C(C)(C)C)C[C@H]2c2ccc(F)cc2F)c(N2CCC(C(=O)NS(C)(=O)=O)CC2)c1. The number of halogens is 2. The average Bonchev–Trinajstić information content (AvgIpc) is 3.61. The number of aromatic nitrogens is 2. The summed E-state index contributed by atoms with van der Waals surface area (Å²) in [5, 5.41) is 2.99. The van der Waals surface area contributed by atoms with Crippen LogP contribution in [0.1, 0.15) is 56.2 Å².